The molecule has 4 nitrogen and oxygen atoms in total. The van der Waals surface area contributed by atoms with Crippen LogP contribution in [0.3, 0.4) is 0 Å². The Hall–Kier alpha value is 0.150. The van der Waals surface area contributed by atoms with E-state index < -0.39 is 10.0 Å². The molecule has 0 aromatic carbocycles. The van der Waals surface area contributed by atoms with Crippen LogP contribution in [0.15, 0.2) is 10.3 Å². The first-order valence-corrected chi connectivity index (χ1v) is 8.99. The van der Waals surface area contributed by atoms with Crippen LogP contribution in [0.4, 0.5) is 0 Å². The van der Waals surface area contributed by atoms with Crippen molar-refractivity contribution in [1.82, 2.24) is 4.31 Å². The predicted octanol–water partition coefficient (Wildman–Crippen LogP) is 2.73. The van der Waals surface area contributed by atoms with Crippen molar-refractivity contribution in [2.75, 3.05) is 19.0 Å². The van der Waals surface area contributed by atoms with Gasteiger partial charge in [0.2, 0.25) is 0 Å². The smallest absolute Gasteiger partial charge is 0.252 e. The van der Waals surface area contributed by atoms with Gasteiger partial charge in [-0.1, -0.05) is 11.6 Å². The quantitative estimate of drug-likeness (QED) is 0.792. The minimum Gasteiger partial charge on any atom is -0.371 e. The Bertz CT molecular complexity index is 539. The van der Waals surface area contributed by atoms with Crippen LogP contribution in [0.5, 0.6) is 0 Å². The fourth-order valence-corrected chi connectivity index (χ4v) is 5.55. The second-order valence-corrected chi connectivity index (χ2v) is 8.69. The van der Waals surface area contributed by atoms with E-state index in [1.807, 2.05) is 6.92 Å². The molecule has 1 aliphatic rings. The first-order valence-electron chi connectivity index (χ1n) is 5.82. The zero-order valence-corrected chi connectivity index (χ0v) is 13.7. The summed E-state index contributed by atoms with van der Waals surface area (Å²) in [6.45, 7) is 4.25. The fraction of sp³-hybridized carbons (Fsp3) is 0.636. The van der Waals surface area contributed by atoms with Gasteiger partial charge in [0.15, 0.2) is 0 Å². The number of aryl methyl sites for hydroxylation is 1. The van der Waals surface area contributed by atoms with Crippen LogP contribution in [0.1, 0.15) is 12.5 Å². The van der Waals surface area contributed by atoms with Crippen molar-refractivity contribution in [3.05, 3.63) is 16.0 Å². The fourth-order valence-electron chi connectivity index (χ4n) is 1.97. The summed E-state index contributed by atoms with van der Waals surface area (Å²) >= 11 is 12.8. The number of ether oxygens (including phenoxy) is 1. The molecule has 2 atom stereocenters. The Morgan fingerprint density at radius 2 is 2.21 bits per heavy atom. The van der Waals surface area contributed by atoms with Gasteiger partial charge in [0.1, 0.15) is 4.21 Å². The average Bonchev–Trinajstić information content (AvgIpc) is 2.69. The lowest BCUT2D eigenvalue weighted by Crippen LogP contribution is -2.49. The number of hydrogen-bond donors (Lipinski definition) is 0. The van der Waals surface area contributed by atoms with Gasteiger partial charge in [-0.25, -0.2) is 8.42 Å². The first kappa shape index (κ1) is 15.5. The van der Waals surface area contributed by atoms with Gasteiger partial charge in [-0.3, -0.25) is 0 Å². The van der Waals surface area contributed by atoms with Crippen molar-refractivity contribution in [1.29, 1.82) is 0 Å². The zero-order valence-electron chi connectivity index (χ0n) is 10.6. The number of nitrogens with zero attached hydrogens (tertiary/aromatic N) is 1. The van der Waals surface area contributed by atoms with Gasteiger partial charge in [0.05, 0.1) is 16.5 Å². The molecule has 1 aromatic rings. The lowest BCUT2D eigenvalue weighted by molar-refractivity contribution is -0.0422. The van der Waals surface area contributed by atoms with E-state index in [4.69, 9.17) is 27.9 Å². The number of halogens is 2. The lowest BCUT2D eigenvalue weighted by atomic mass is 10.3. The minimum absolute atomic E-state index is 0.163. The van der Waals surface area contributed by atoms with E-state index in [-0.39, 0.29) is 28.8 Å². The molecule has 0 saturated carbocycles. The molecule has 8 heteroatoms. The third-order valence-corrected chi connectivity index (χ3v) is 7.07. The molecule has 1 saturated heterocycles. The van der Waals surface area contributed by atoms with Crippen LogP contribution < -0.4 is 0 Å². The van der Waals surface area contributed by atoms with Gasteiger partial charge in [-0.15, -0.1) is 22.9 Å². The maximum Gasteiger partial charge on any atom is 0.252 e. The zero-order chi connectivity index (χ0) is 14.2. The molecule has 1 aliphatic heterocycles. The van der Waals surface area contributed by atoms with E-state index >= 15 is 0 Å². The Morgan fingerprint density at radius 3 is 2.74 bits per heavy atom. The number of thiophene rings is 1. The van der Waals surface area contributed by atoms with Gasteiger partial charge in [-0.05, 0) is 25.5 Å². The number of sulfonamides is 1. The van der Waals surface area contributed by atoms with Crippen LogP contribution >= 0.6 is 34.5 Å². The second-order valence-electron chi connectivity index (χ2n) is 4.57. The van der Waals surface area contributed by atoms with Crippen molar-refractivity contribution in [3.63, 3.8) is 0 Å². The highest BCUT2D eigenvalue weighted by molar-refractivity contribution is 7.91. The van der Waals surface area contributed by atoms with Gasteiger partial charge in [0, 0.05) is 19.0 Å². The Morgan fingerprint density at radius 1 is 1.53 bits per heavy atom. The van der Waals surface area contributed by atoms with E-state index in [0.717, 1.165) is 16.9 Å². The molecule has 0 amide bonds. The number of alkyl halides is 1. The van der Waals surface area contributed by atoms with Crippen LogP contribution in [-0.4, -0.2) is 43.9 Å². The second kappa shape index (κ2) is 5.87. The van der Waals surface area contributed by atoms with E-state index in [1.165, 1.54) is 4.31 Å². The lowest BCUT2D eigenvalue weighted by Gasteiger charge is -2.34. The third-order valence-electron chi connectivity index (χ3n) is 2.89. The number of rotatable bonds is 3. The van der Waals surface area contributed by atoms with Crippen LogP contribution in [0, 0.1) is 6.92 Å². The summed E-state index contributed by atoms with van der Waals surface area (Å²) in [5.74, 6) is 0.278. The van der Waals surface area contributed by atoms with Crippen LogP contribution in [-0.2, 0) is 14.8 Å². The molecular formula is C11H15Cl2NO3S2. The monoisotopic (exact) mass is 343 g/mol. The largest absolute Gasteiger partial charge is 0.371 e. The molecule has 2 unspecified atom stereocenters. The summed E-state index contributed by atoms with van der Waals surface area (Å²) in [5, 5.41) is 0. The summed E-state index contributed by atoms with van der Waals surface area (Å²) in [6, 6.07) is 1.61. The van der Waals surface area contributed by atoms with Gasteiger partial charge in [0.25, 0.3) is 10.0 Å². The van der Waals surface area contributed by atoms with E-state index in [1.54, 1.807) is 13.0 Å². The number of hydrogen-bond acceptors (Lipinski definition) is 4. The maximum atomic E-state index is 12.5. The van der Waals surface area contributed by atoms with Gasteiger partial charge in [-0.2, -0.15) is 4.31 Å². The first-order chi connectivity index (χ1) is 8.84. The van der Waals surface area contributed by atoms with E-state index in [9.17, 15) is 8.42 Å². The normalized spacial score (nSPS) is 25.7. The van der Waals surface area contributed by atoms with Crippen molar-refractivity contribution in [3.8, 4) is 0 Å². The molecule has 0 bridgehead atoms. The van der Waals surface area contributed by atoms with Gasteiger partial charge >= 0.3 is 0 Å². The van der Waals surface area contributed by atoms with Crippen molar-refractivity contribution < 1.29 is 13.2 Å². The molecule has 0 aliphatic carbocycles. The summed E-state index contributed by atoms with van der Waals surface area (Å²) in [7, 11) is -3.51. The Labute approximate surface area is 127 Å². The van der Waals surface area contributed by atoms with E-state index in [2.05, 4.69) is 0 Å². The standard InChI is InChI=1S/C11H15Cl2NO3S2/c1-7-3-10(18-11(7)13)19(15,16)14-5-8(2)17-9(4-12)6-14/h3,8-9H,4-6H2,1-2H3. The summed E-state index contributed by atoms with van der Waals surface area (Å²) < 4.78 is 32.9. The molecule has 0 N–H and O–H groups in total. The van der Waals surface area contributed by atoms with E-state index in [0.29, 0.717) is 10.9 Å². The SMILES string of the molecule is Cc1cc(S(=O)(=O)N2CC(C)OC(CCl)C2)sc1Cl. The molecule has 0 spiro atoms. The highest BCUT2D eigenvalue weighted by atomic mass is 35.5. The molecule has 1 aromatic heterocycles. The summed E-state index contributed by atoms with van der Waals surface area (Å²) in [4.78, 5) is 0. The highest BCUT2D eigenvalue weighted by Gasteiger charge is 2.34. The molecule has 19 heavy (non-hydrogen) atoms. The third kappa shape index (κ3) is 3.25. The summed E-state index contributed by atoms with van der Waals surface area (Å²) in [6.07, 6.45) is -0.430. The maximum absolute atomic E-state index is 12.5. The minimum atomic E-state index is -3.51. The topological polar surface area (TPSA) is 46.6 Å². The highest BCUT2D eigenvalue weighted by Crippen LogP contribution is 2.33. The predicted molar refractivity (Wildman–Crippen MR) is 77.9 cm³/mol. The average molecular weight is 344 g/mol. The Kier molecular flexibility index (Phi) is 4.80. The molecule has 1 fully saturated rings. The number of morpholine rings is 1. The Balaban J connectivity index is 2.28. The van der Waals surface area contributed by atoms with Crippen molar-refractivity contribution in [2.45, 2.75) is 30.3 Å². The molecule has 108 valence electrons. The summed E-state index contributed by atoms with van der Waals surface area (Å²) in [5.41, 5.74) is 0.778. The molecular weight excluding hydrogens is 329 g/mol. The molecule has 2 heterocycles. The molecule has 2 rings (SSSR count). The van der Waals surface area contributed by atoms with Crippen LogP contribution in [0.2, 0.25) is 4.34 Å². The molecule has 0 radical (unpaired) electrons. The van der Waals surface area contributed by atoms with Crippen LogP contribution in [0.25, 0.3) is 0 Å². The van der Waals surface area contributed by atoms with Crippen molar-refractivity contribution >= 4 is 44.6 Å². The van der Waals surface area contributed by atoms with Gasteiger partial charge < -0.3 is 4.74 Å². The van der Waals surface area contributed by atoms with Crippen molar-refractivity contribution in [2.24, 2.45) is 0 Å².